The van der Waals surface area contributed by atoms with Crippen molar-refractivity contribution in [2.75, 3.05) is 10.0 Å². The highest BCUT2D eigenvalue weighted by Crippen LogP contribution is 2.36. The summed E-state index contributed by atoms with van der Waals surface area (Å²) in [5.41, 5.74) is 1.93. The number of fused-ring (bicyclic) bond motifs is 1. The van der Waals surface area contributed by atoms with Crippen LogP contribution in [0.5, 0.6) is 5.75 Å². The van der Waals surface area contributed by atoms with Gasteiger partial charge in [0.05, 0.1) is 10.5 Å². The smallest absolute Gasteiger partial charge is 0.416 e. The van der Waals surface area contributed by atoms with E-state index in [0.717, 1.165) is 29.8 Å². The lowest BCUT2D eigenvalue weighted by Gasteiger charge is -2.11. The Morgan fingerprint density at radius 1 is 0.872 bits per heavy atom. The number of amides is 1. The van der Waals surface area contributed by atoms with Crippen molar-refractivity contribution in [2.24, 2.45) is 0 Å². The van der Waals surface area contributed by atoms with Crippen LogP contribution in [0.3, 0.4) is 0 Å². The number of alkyl halides is 3. The van der Waals surface area contributed by atoms with Gasteiger partial charge in [-0.15, -0.1) is 0 Å². The number of anilines is 2. The fourth-order valence-corrected chi connectivity index (χ4v) is 5.07. The van der Waals surface area contributed by atoms with Gasteiger partial charge < -0.3 is 10.1 Å². The van der Waals surface area contributed by atoms with E-state index in [2.05, 4.69) is 10.0 Å². The minimum Gasteiger partial charge on any atom is -0.489 e. The SMILES string of the molecule is O=C1Nc2ccc(S(=O)(=O)Nc3ccc(C(F)(F)F)cc3)cc2C1=Cc1ccc(OCc2ccccc2)cc1. The topological polar surface area (TPSA) is 84.5 Å². The Kier molecular flexibility index (Phi) is 6.88. The van der Waals surface area contributed by atoms with Crippen LogP contribution in [0, 0.1) is 0 Å². The van der Waals surface area contributed by atoms with Crippen molar-refractivity contribution in [1.82, 2.24) is 0 Å². The third-order valence-electron chi connectivity index (χ3n) is 5.99. The van der Waals surface area contributed by atoms with Crippen molar-refractivity contribution in [3.63, 3.8) is 0 Å². The number of hydrogen-bond donors (Lipinski definition) is 2. The van der Waals surface area contributed by atoms with Crippen LogP contribution < -0.4 is 14.8 Å². The Hall–Kier alpha value is -4.57. The summed E-state index contributed by atoms with van der Waals surface area (Å²) >= 11 is 0. The van der Waals surface area contributed by atoms with Gasteiger partial charge in [-0.3, -0.25) is 9.52 Å². The number of carbonyl (C=O) groups excluding carboxylic acids is 1. The molecular weight excluding hydrogens is 529 g/mol. The van der Waals surface area contributed by atoms with Crippen LogP contribution >= 0.6 is 0 Å². The van der Waals surface area contributed by atoms with Gasteiger partial charge in [0.1, 0.15) is 12.4 Å². The molecule has 0 fully saturated rings. The highest BCUT2D eigenvalue weighted by molar-refractivity contribution is 7.92. The van der Waals surface area contributed by atoms with Gasteiger partial charge in [-0.2, -0.15) is 13.2 Å². The van der Waals surface area contributed by atoms with Gasteiger partial charge in [0.15, 0.2) is 0 Å². The van der Waals surface area contributed by atoms with E-state index in [4.69, 9.17) is 4.74 Å². The molecule has 6 nitrogen and oxygen atoms in total. The van der Waals surface area contributed by atoms with E-state index < -0.39 is 21.8 Å². The van der Waals surface area contributed by atoms with E-state index in [1.807, 2.05) is 30.3 Å². The average Bonchev–Trinajstić information content (AvgIpc) is 3.22. The molecule has 39 heavy (non-hydrogen) atoms. The maximum Gasteiger partial charge on any atom is 0.416 e. The van der Waals surface area contributed by atoms with Crippen LogP contribution in [-0.4, -0.2) is 14.3 Å². The number of halogens is 3. The quantitative estimate of drug-likeness (QED) is 0.255. The number of carbonyl (C=O) groups is 1. The molecular formula is C29H21F3N2O4S. The van der Waals surface area contributed by atoms with Gasteiger partial charge in [0.25, 0.3) is 15.9 Å². The van der Waals surface area contributed by atoms with Crippen LogP contribution in [0.4, 0.5) is 24.5 Å². The summed E-state index contributed by atoms with van der Waals surface area (Å²) in [6.45, 7) is 0.412. The Labute approximate surface area is 222 Å². The third-order valence-corrected chi connectivity index (χ3v) is 7.37. The van der Waals surface area contributed by atoms with Crippen molar-refractivity contribution in [3.8, 4) is 5.75 Å². The second-order valence-corrected chi connectivity index (χ2v) is 10.4. The third kappa shape index (κ3) is 5.96. The van der Waals surface area contributed by atoms with Gasteiger partial charge in [-0.1, -0.05) is 42.5 Å². The molecule has 0 saturated heterocycles. The summed E-state index contributed by atoms with van der Waals surface area (Å²) in [7, 11) is -4.15. The van der Waals surface area contributed by atoms with Crippen molar-refractivity contribution in [2.45, 2.75) is 17.7 Å². The highest BCUT2D eigenvalue weighted by atomic mass is 32.2. The van der Waals surface area contributed by atoms with Crippen LogP contribution in [0.15, 0.2) is 102 Å². The number of nitrogens with one attached hydrogen (secondary N) is 2. The molecule has 4 aromatic carbocycles. The first-order chi connectivity index (χ1) is 18.6. The minimum absolute atomic E-state index is 0.0250. The zero-order chi connectivity index (χ0) is 27.6. The number of sulfonamides is 1. The van der Waals surface area contributed by atoms with E-state index in [1.54, 1.807) is 30.3 Å². The van der Waals surface area contributed by atoms with E-state index in [9.17, 15) is 26.4 Å². The van der Waals surface area contributed by atoms with Crippen LogP contribution in [0.25, 0.3) is 11.6 Å². The number of rotatable bonds is 7. The van der Waals surface area contributed by atoms with Gasteiger partial charge in [-0.05, 0) is 71.8 Å². The van der Waals surface area contributed by atoms with Crippen molar-refractivity contribution < 1.29 is 31.1 Å². The van der Waals surface area contributed by atoms with Crippen molar-refractivity contribution in [3.05, 3.63) is 119 Å². The summed E-state index contributed by atoms with van der Waals surface area (Å²) < 4.78 is 72.4. The Morgan fingerprint density at radius 3 is 2.23 bits per heavy atom. The summed E-state index contributed by atoms with van der Waals surface area (Å²) in [5, 5.41) is 2.71. The molecule has 0 spiro atoms. The van der Waals surface area contributed by atoms with Crippen LogP contribution in [0.1, 0.15) is 22.3 Å². The molecule has 198 valence electrons. The first-order valence-corrected chi connectivity index (χ1v) is 13.2. The van der Waals surface area contributed by atoms with Crippen molar-refractivity contribution in [1.29, 1.82) is 0 Å². The summed E-state index contributed by atoms with van der Waals surface area (Å²) in [6.07, 6.45) is -2.89. The van der Waals surface area contributed by atoms with E-state index in [0.29, 0.717) is 29.2 Å². The molecule has 1 aliphatic rings. The first kappa shape index (κ1) is 26.1. The van der Waals surface area contributed by atoms with Gasteiger partial charge in [0, 0.05) is 22.5 Å². The number of hydrogen-bond acceptors (Lipinski definition) is 4. The fraction of sp³-hybridized carbons (Fsp3) is 0.0690. The molecule has 2 N–H and O–H groups in total. The molecule has 0 saturated carbocycles. The zero-order valence-corrected chi connectivity index (χ0v) is 21.0. The maximum absolute atomic E-state index is 13.0. The number of ether oxygens (including phenoxy) is 1. The molecule has 0 aliphatic carbocycles. The molecule has 4 aromatic rings. The Morgan fingerprint density at radius 2 is 1.56 bits per heavy atom. The zero-order valence-electron chi connectivity index (χ0n) is 20.2. The second kappa shape index (κ2) is 10.3. The van der Waals surface area contributed by atoms with Gasteiger partial charge >= 0.3 is 6.18 Å². The number of benzene rings is 4. The molecule has 0 radical (unpaired) electrons. The standard InChI is InChI=1S/C29H21F3N2O4S/c30-29(31,32)21-8-10-22(11-9-21)34-39(36,37)24-14-15-27-25(17-24)26(28(35)33-27)16-19-6-12-23(13-7-19)38-18-20-4-2-1-3-5-20/h1-17,34H,18H2,(H,33,35). The lowest BCUT2D eigenvalue weighted by Crippen LogP contribution is -2.13. The molecule has 0 aromatic heterocycles. The average molecular weight is 551 g/mol. The van der Waals surface area contributed by atoms with E-state index in [-0.39, 0.29) is 22.1 Å². The molecule has 10 heteroatoms. The Balaban J connectivity index is 1.35. The summed E-state index contributed by atoms with van der Waals surface area (Å²) in [4.78, 5) is 12.5. The highest BCUT2D eigenvalue weighted by Gasteiger charge is 2.30. The minimum atomic E-state index is -4.53. The predicted octanol–water partition coefficient (Wildman–Crippen LogP) is 6.58. The monoisotopic (exact) mass is 550 g/mol. The molecule has 1 aliphatic heterocycles. The van der Waals surface area contributed by atoms with E-state index in [1.165, 1.54) is 18.2 Å². The lowest BCUT2D eigenvalue weighted by molar-refractivity contribution is -0.137. The molecule has 0 bridgehead atoms. The fourth-order valence-electron chi connectivity index (χ4n) is 3.99. The molecule has 1 heterocycles. The van der Waals surface area contributed by atoms with Crippen LogP contribution in [-0.2, 0) is 27.6 Å². The predicted molar refractivity (Wildman–Crippen MR) is 142 cm³/mol. The van der Waals surface area contributed by atoms with E-state index >= 15 is 0 Å². The van der Waals surface area contributed by atoms with Gasteiger partial charge in [-0.25, -0.2) is 8.42 Å². The lowest BCUT2D eigenvalue weighted by atomic mass is 10.0. The normalized spacial score (nSPS) is 14.1. The van der Waals surface area contributed by atoms with Crippen LogP contribution in [0.2, 0.25) is 0 Å². The first-order valence-electron chi connectivity index (χ1n) is 11.7. The molecule has 0 atom stereocenters. The molecule has 1 amide bonds. The molecule has 0 unspecified atom stereocenters. The van der Waals surface area contributed by atoms with Gasteiger partial charge in [0.2, 0.25) is 0 Å². The summed E-state index contributed by atoms with van der Waals surface area (Å²) in [5.74, 6) is 0.264. The summed E-state index contributed by atoms with van der Waals surface area (Å²) in [6, 6.07) is 24.6. The maximum atomic E-state index is 13.0. The second-order valence-electron chi connectivity index (χ2n) is 8.74. The van der Waals surface area contributed by atoms with Crippen molar-refractivity contribution >= 4 is 39.0 Å². The Bertz CT molecular complexity index is 1650. The molecule has 5 rings (SSSR count). The largest absolute Gasteiger partial charge is 0.489 e.